The van der Waals surface area contributed by atoms with E-state index >= 15 is 0 Å². The normalized spacial score (nSPS) is 21.5. The Morgan fingerprint density at radius 3 is 2.24 bits per heavy atom. The van der Waals surface area contributed by atoms with E-state index in [-0.39, 0.29) is 65.9 Å². The molecule has 0 spiro atoms. The quantitative estimate of drug-likeness (QED) is 0.125. The number of amides is 3. The van der Waals surface area contributed by atoms with Crippen molar-refractivity contribution in [3.05, 3.63) is 41.0 Å². The summed E-state index contributed by atoms with van der Waals surface area (Å²) in [6, 6.07) is -2.39. The molecule has 0 aromatic heterocycles. The molecule has 0 bridgehead atoms. The van der Waals surface area contributed by atoms with Gasteiger partial charge in [-0.05, 0) is 61.9 Å². The summed E-state index contributed by atoms with van der Waals surface area (Å²) in [6.07, 6.45) is 10.6. The Kier molecular flexibility index (Phi) is 18.0. The SMILES string of the molecule is C=C(N[C@H](C(=O)N(C)C([C@H](CC)CC(=O)N1CCC[C@H]1[C@H](OC)[C@@H](C)C(=O)N[C@H](C)C(N=O)C1=CCCC=C1)[C@@H](C)CC)C(C)C)C(N)C(C)C. The van der Waals surface area contributed by atoms with Crippen molar-refractivity contribution < 1.29 is 19.1 Å². The molecular weight excluding hydrogens is 644 g/mol. The van der Waals surface area contributed by atoms with Crippen molar-refractivity contribution in [2.24, 2.45) is 40.5 Å². The van der Waals surface area contributed by atoms with Gasteiger partial charge >= 0.3 is 0 Å². The lowest BCUT2D eigenvalue weighted by atomic mass is 9.82. The first-order valence-corrected chi connectivity index (χ1v) is 19.3. The van der Waals surface area contributed by atoms with Gasteiger partial charge in [0.1, 0.15) is 12.1 Å². The second-order valence-corrected chi connectivity index (χ2v) is 15.7. The van der Waals surface area contributed by atoms with Gasteiger partial charge in [-0.25, -0.2) is 0 Å². The first kappa shape index (κ1) is 44.1. The molecule has 11 nitrogen and oxygen atoms in total. The minimum absolute atomic E-state index is 0.00404. The third-order valence-electron chi connectivity index (χ3n) is 11.4. The molecule has 2 aliphatic rings. The van der Waals surface area contributed by atoms with Gasteiger partial charge in [0.15, 0.2) is 0 Å². The third kappa shape index (κ3) is 11.5. The van der Waals surface area contributed by atoms with Crippen molar-refractivity contribution in [2.45, 2.75) is 150 Å². The fourth-order valence-corrected chi connectivity index (χ4v) is 7.85. The highest BCUT2D eigenvalue weighted by Crippen LogP contribution is 2.32. The van der Waals surface area contributed by atoms with Crippen LogP contribution in [-0.2, 0) is 19.1 Å². The van der Waals surface area contributed by atoms with Crippen molar-refractivity contribution in [3.63, 3.8) is 0 Å². The molecule has 290 valence electrons. The molecule has 4 N–H and O–H groups in total. The molecule has 1 heterocycles. The van der Waals surface area contributed by atoms with E-state index in [2.05, 4.69) is 43.2 Å². The van der Waals surface area contributed by atoms with E-state index in [4.69, 9.17) is 10.5 Å². The number of allylic oxidation sites excluding steroid dienone is 2. The van der Waals surface area contributed by atoms with Crippen LogP contribution < -0.4 is 16.4 Å². The van der Waals surface area contributed by atoms with Gasteiger partial charge in [-0.2, -0.15) is 4.91 Å². The van der Waals surface area contributed by atoms with Gasteiger partial charge in [-0.1, -0.05) is 98.2 Å². The van der Waals surface area contributed by atoms with E-state index in [0.717, 1.165) is 44.1 Å². The second kappa shape index (κ2) is 20.9. The molecule has 1 aliphatic heterocycles. The zero-order valence-electron chi connectivity index (χ0n) is 33.5. The van der Waals surface area contributed by atoms with Crippen LogP contribution in [0.3, 0.4) is 0 Å². The molecule has 1 aliphatic carbocycles. The lowest BCUT2D eigenvalue weighted by Crippen LogP contribution is -2.56. The maximum absolute atomic E-state index is 14.2. The fraction of sp³-hybridized carbons (Fsp3) is 0.775. The number of nitrogens with two attached hydrogens (primary N) is 1. The maximum Gasteiger partial charge on any atom is 0.245 e. The van der Waals surface area contributed by atoms with E-state index < -0.39 is 30.1 Å². The summed E-state index contributed by atoms with van der Waals surface area (Å²) in [4.78, 5) is 57.5. The average Bonchev–Trinajstić information content (AvgIpc) is 3.59. The fourth-order valence-electron chi connectivity index (χ4n) is 7.85. The monoisotopic (exact) mass is 715 g/mol. The van der Waals surface area contributed by atoms with Crippen molar-refractivity contribution in [1.82, 2.24) is 20.4 Å². The maximum atomic E-state index is 14.2. The second-order valence-electron chi connectivity index (χ2n) is 15.7. The van der Waals surface area contributed by atoms with Crippen molar-refractivity contribution in [3.8, 4) is 0 Å². The average molecular weight is 715 g/mol. The Balaban J connectivity index is 2.24. The van der Waals surface area contributed by atoms with Crippen LogP contribution >= 0.6 is 0 Å². The van der Waals surface area contributed by atoms with Gasteiger partial charge in [0.25, 0.3) is 0 Å². The minimum Gasteiger partial charge on any atom is -0.378 e. The van der Waals surface area contributed by atoms with E-state index in [1.54, 1.807) is 14.0 Å². The van der Waals surface area contributed by atoms with E-state index in [1.807, 2.05) is 69.7 Å². The number of nitroso groups, excluding NO2 is 1. The molecule has 0 aromatic carbocycles. The van der Waals surface area contributed by atoms with Gasteiger partial charge in [0.2, 0.25) is 17.7 Å². The molecular formula is C40H70N6O5. The Bertz CT molecular complexity index is 1230. The Labute approximate surface area is 308 Å². The number of methoxy groups -OCH3 is 1. The Morgan fingerprint density at radius 2 is 1.73 bits per heavy atom. The summed E-state index contributed by atoms with van der Waals surface area (Å²) in [6.45, 7) is 22.8. The first-order valence-electron chi connectivity index (χ1n) is 19.3. The zero-order chi connectivity index (χ0) is 38.6. The molecule has 0 saturated carbocycles. The molecule has 2 rings (SSSR count). The van der Waals surface area contributed by atoms with Crippen molar-refractivity contribution in [1.29, 1.82) is 0 Å². The molecule has 51 heavy (non-hydrogen) atoms. The topological polar surface area (TPSA) is 146 Å². The Hall–Kier alpha value is -3.05. The summed E-state index contributed by atoms with van der Waals surface area (Å²) >= 11 is 0. The number of hydrogen-bond donors (Lipinski definition) is 3. The first-order chi connectivity index (χ1) is 24.0. The molecule has 3 unspecified atom stereocenters. The van der Waals surface area contributed by atoms with Gasteiger partial charge < -0.3 is 30.9 Å². The van der Waals surface area contributed by atoms with Crippen LogP contribution in [0.15, 0.2) is 41.3 Å². The molecule has 11 heteroatoms. The summed E-state index contributed by atoms with van der Waals surface area (Å²) in [5, 5.41) is 9.69. The molecule has 1 saturated heterocycles. The summed E-state index contributed by atoms with van der Waals surface area (Å²) < 4.78 is 5.96. The third-order valence-corrected chi connectivity index (χ3v) is 11.4. The summed E-state index contributed by atoms with van der Waals surface area (Å²) in [7, 11) is 3.45. The summed E-state index contributed by atoms with van der Waals surface area (Å²) in [5.41, 5.74) is 7.83. The zero-order valence-corrected chi connectivity index (χ0v) is 33.5. The smallest absolute Gasteiger partial charge is 0.245 e. The van der Waals surface area contributed by atoms with Crippen LogP contribution in [0, 0.1) is 34.5 Å². The van der Waals surface area contributed by atoms with Crippen LogP contribution in [0.5, 0.6) is 0 Å². The lowest BCUT2D eigenvalue weighted by Gasteiger charge is -2.41. The molecule has 0 aromatic rings. The van der Waals surface area contributed by atoms with Crippen LogP contribution in [0.2, 0.25) is 0 Å². The number of rotatable bonds is 21. The Morgan fingerprint density at radius 1 is 1.06 bits per heavy atom. The number of ether oxygens (including phenoxy) is 1. The standard InChI is InChI=1S/C40H70N6O5/c1-13-26(7)37(45(11)40(49)35(25(5)6)42-28(9)34(41)24(3)4)30(14-2)23-33(47)46-22-18-21-32(46)38(51-12)27(8)39(48)43-29(10)36(44-50)31-19-16-15-17-20-31/h16,19-20,24-27,29-30,32,34-38,42H,9,13-15,17-18,21-23,41H2,1-8,10-12H3,(H,43,48)/t26-,27+,29+,30+,32-,34?,35-,36?,37?,38+/m0/s1. The number of carbonyl (C=O) groups is 3. The highest BCUT2D eigenvalue weighted by Gasteiger charge is 2.42. The molecule has 1 fully saturated rings. The lowest BCUT2D eigenvalue weighted by molar-refractivity contribution is -0.143. The molecule has 0 radical (unpaired) electrons. The van der Waals surface area contributed by atoms with E-state index in [0.29, 0.717) is 12.2 Å². The van der Waals surface area contributed by atoms with Crippen LogP contribution in [-0.4, -0.2) is 90.6 Å². The van der Waals surface area contributed by atoms with Crippen LogP contribution in [0.4, 0.5) is 0 Å². The highest BCUT2D eigenvalue weighted by molar-refractivity contribution is 5.83. The number of likely N-dealkylation sites (tertiary alicyclic amines) is 1. The van der Waals surface area contributed by atoms with E-state index in [9.17, 15) is 19.3 Å². The predicted octanol–water partition coefficient (Wildman–Crippen LogP) is 5.95. The van der Waals surface area contributed by atoms with E-state index in [1.165, 1.54) is 0 Å². The van der Waals surface area contributed by atoms with Crippen LogP contribution in [0.25, 0.3) is 0 Å². The van der Waals surface area contributed by atoms with Gasteiger partial charge in [-0.15, -0.1) is 0 Å². The number of carbonyl (C=O) groups excluding carboxylic acids is 3. The number of likely N-dealkylation sites (N-methyl/N-ethyl adjacent to an activating group) is 1. The largest absolute Gasteiger partial charge is 0.378 e. The van der Waals surface area contributed by atoms with Crippen molar-refractivity contribution in [2.75, 3.05) is 20.7 Å². The van der Waals surface area contributed by atoms with Crippen molar-refractivity contribution >= 4 is 17.7 Å². The van der Waals surface area contributed by atoms with Gasteiger partial charge in [0, 0.05) is 44.9 Å². The predicted molar refractivity (Wildman–Crippen MR) is 206 cm³/mol. The van der Waals surface area contributed by atoms with Gasteiger partial charge in [0.05, 0.1) is 24.1 Å². The summed E-state index contributed by atoms with van der Waals surface area (Å²) in [5.74, 6) is -0.581. The number of hydrogen-bond acceptors (Lipinski definition) is 8. The minimum atomic E-state index is -0.680. The number of nitrogens with one attached hydrogen (secondary N) is 2. The molecule has 10 atom stereocenters. The highest BCUT2D eigenvalue weighted by atomic mass is 16.5. The molecule has 3 amide bonds. The number of nitrogens with zero attached hydrogens (tertiary/aromatic N) is 3. The van der Waals surface area contributed by atoms with Crippen LogP contribution in [0.1, 0.15) is 107 Å². The van der Waals surface area contributed by atoms with Gasteiger partial charge in [-0.3, -0.25) is 14.4 Å².